The predicted molar refractivity (Wildman–Crippen MR) is 107 cm³/mol. The molecule has 3 aromatic rings. The third-order valence-electron chi connectivity index (χ3n) is 5.04. The molecule has 0 spiro atoms. The van der Waals surface area contributed by atoms with Gasteiger partial charge in [0.2, 0.25) is 11.7 Å². The molecule has 0 radical (unpaired) electrons. The number of hydrogen-bond acceptors (Lipinski definition) is 6. The van der Waals surface area contributed by atoms with Crippen LogP contribution in [0.2, 0.25) is 5.02 Å². The van der Waals surface area contributed by atoms with E-state index >= 15 is 0 Å². The van der Waals surface area contributed by atoms with Gasteiger partial charge in [-0.15, -0.1) is 0 Å². The number of aromatic nitrogens is 2. The van der Waals surface area contributed by atoms with E-state index in [1.165, 1.54) is 12.1 Å². The quantitative estimate of drug-likeness (QED) is 0.591. The largest absolute Gasteiger partial charge is 0.493 e. The molecule has 7 nitrogen and oxygen atoms in total. The second-order valence-electron chi connectivity index (χ2n) is 6.81. The molecular weight excluding hydrogens is 413 g/mol. The average molecular weight is 432 g/mol. The fourth-order valence-corrected chi connectivity index (χ4v) is 3.80. The Bertz CT molecular complexity index is 1090. The minimum Gasteiger partial charge on any atom is -0.493 e. The van der Waals surface area contributed by atoms with E-state index in [0.717, 1.165) is 12.5 Å². The van der Waals surface area contributed by atoms with Crippen molar-refractivity contribution in [3.8, 4) is 22.9 Å². The third-order valence-corrected chi connectivity index (χ3v) is 5.36. The lowest BCUT2D eigenvalue weighted by Gasteiger charge is -2.22. The summed E-state index contributed by atoms with van der Waals surface area (Å²) < 4.78 is 29.4. The number of methoxy groups -OCH3 is 2. The van der Waals surface area contributed by atoms with E-state index in [2.05, 4.69) is 10.1 Å². The fraction of sp³-hybridized carbons (Fsp3) is 0.286. The number of benzene rings is 2. The Morgan fingerprint density at radius 2 is 2.00 bits per heavy atom. The zero-order chi connectivity index (χ0) is 21.3. The van der Waals surface area contributed by atoms with Crippen molar-refractivity contribution >= 4 is 17.5 Å². The fourth-order valence-electron chi connectivity index (χ4n) is 3.55. The monoisotopic (exact) mass is 431 g/mol. The second kappa shape index (κ2) is 8.31. The van der Waals surface area contributed by atoms with Gasteiger partial charge in [0, 0.05) is 12.1 Å². The lowest BCUT2D eigenvalue weighted by molar-refractivity contribution is 0.0710. The molecule has 0 bridgehead atoms. The van der Waals surface area contributed by atoms with Crippen molar-refractivity contribution in [2.45, 2.75) is 18.9 Å². The topological polar surface area (TPSA) is 77.7 Å². The molecular formula is C21H19ClFN3O4. The highest BCUT2D eigenvalue weighted by atomic mass is 35.5. The van der Waals surface area contributed by atoms with Crippen LogP contribution < -0.4 is 9.47 Å². The molecule has 0 N–H and O–H groups in total. The number of likely N-dealkylation sites (tertiary alicyclic amines) is 1. The van der Waals surface area contributed by atoms with Crippen LogP contribution in [0.3, 0.4) is 0 Å². The van der Waals surface area contributed by atoms with Crippen LogP contribution >= 0.6 is 11.6 Å². The van der Waals surface area contributed by atoms with Crippen LogP contribution in [0.25, 0.3) is 11.4 Å². The Morgan fingerprint density at radius 1 is 1.20 bits per heavy atom. The molecule has 156 valence electrons. The van der Waals surface area contributed by atoms with Gasteiger partial charge >= 0.3 is 0 Å². The zero-order valence-corrected chi connectivity index (χ0v) is 17.1. The van der Waals surface area contributed by atoms with Crippen LogP contribution in [0.15, 0.2) is 40.9 Å². The molecule has 30 heavy (non-hydrogen) atoms. The van der Waals surface area contributed by atoms with Crippen molar-refractivity contribution in [2.75, 3.05) is 20.8 Å². The lowest BCUT2D eigenvalue weighted by atomic mass is 10.1. The molecule has 1 saturated heterocycles. The van der Waals surface area contributed by atoms with Gasteiger partial charge in [-0.25, -0.2) is 4.39 Å². The highest BCUT2D eigenvalue weighted by molar-refractivity contribution is 6.33. The van der Waals surface area contributed by atoms with Gasteiger partial charge in [0.05, 0.1) is 24.8 Å². The molecule has 1 atom stereocenters. The molecule has 1 fully saturated rings. The molecule has 1 aromatic heterocycles. The first-order valence-electron chi connectivity index (χ1n) is 9.34. The molecule has 1 aliphatic heterocycles. The van der Waals surface area contributed by atoms with E-state index in [-0.39, 0.29) is 22.5 Å². The van der Waals surface area contributed by atoms with Crippen LogP contribution in [0.4, 0.5) is 4.39 Å². The Hall–Kier alpha value is -3.13. The standard InChI is InChI=1S/C21H19ClFN3O4/c1-28-17-8-5-12(10-18(17)29-2)19-24-20(30-25-19)16-4-3-9-26(16)21(27)14-7-6-13(23)11-15(14)22/h5-8,10-11,16H,3-4,9H2,1-2H3/t16-/m0/s1. The number of carbonyl (C=O) groups is 1. The summed E-state index contributed by atoms with van der Waals surface area (Å²) in [6.07, 6.45) is 1.46. The van der Waals surface area contributed by atoms with Gasteiger partial charge in [-0.2, -0.15) is 4.98 Å². The van der Waals surface area contributed by atoms with Crippen LogP contribution in [0.1, 0.15) is 35.1 Å². The van der Waals surface area contributed by atoms with Gasteiger partial charge < -0.3 is 18.9 Å². The Kier molecular flexibility index (Phi) is 5.59. The highest BCUT2D eigenvalue weighted by Crippen LogP contribution is 2.36. The maximum Gasteiger partial charge on any atom is 0.256 e. The summed E-state index contributed by atoms with van der Waals surface area (Å²) in [5.74, 6) is 1.06. The summed E-state index contributed by atoms with van der Waals surface area (Å²) in [4.78, 5) is 19.1. The number of hydrogen-bond donors (Lipinski definition) is 0. The number of amides is 1. The Morgan fingerprint density at radius 3 is 2.73 bits per heavy atom. The van der Waals surface area contributed by atoms with Crippen LogP contribution in [-0.4, -0.2) is 41.7 Å². The van der Waals surface area contributed by atoms with Crippen molar-refractivity contribution in [3.05, 3.63) is 58.7 Å². The second-order valence-corrected chi connectivity index (χ2v) is 7.21. The van der Waals surface area contributed by atoms with Crippen molar-refractivity contribution in [3.63, 3.8) is 0 Å². The Balaban J connectivity index is 1.60. The molecule has 2 heterocycles. The van der Waals surface area contributed by atoms with Gasteiger partial charge in [-0.3, -0.25) is 4.79 Å². The molecule has 0 saturated carbocycles. The van der Waals surface area contributed by atoms with Gasteiger partial charge in [0.1, 0.15) is 11.9 Å². The van der Waals surface area contributed by atoms with Crippen LogP contribution in [-0.2, 0) is 0 Å². The summed E-state index contributed by atoms with van der Waals surface area (Å²) >= 11 is 6.07. The van der Waals surface area contributed by atoms with E-state index in [9.17, 15) is 9.18 Å². The first kappa shape index (κ1) is 20.2. The summed E-state index contributed by atoms with van der Waals surface area (Å²) in [7, 11) is 3.11. The number of ether oxygens (including phenoxy) is 2. The third kappa shape index (κ3) is 3.70. The van der Waals surface area contributed by atoms with Crippen molar-refractivity contribution in [1.82, 2.24) is 15.0 Å². The lowest BCUT2D eigenvalue weighted by Crippen LogP contribution is -2.31. The van der Waals surface area contributed by atoms with E-state index in [1.54, 1.807) is 37.3 Å². The average Bonchev–Trinajstić information content (AvgIpc) is 3.42. The highest BCUT2D eigenvalue weighted by Gasteiger charge is 2.35. The number of rotatable bonds is 5. The molecule has 9 heteroatoms. The minimum atomic E-state index is -0.494. The van der Waals surface area contributed by atoms with Crippen LogP contribution in [0.5, 0.6) is 11.5 Å². The van der Waals surface area contributed by atoms with E-state index < -0.39 is 5.82 Å². The van der Waals surface area contributed by atoms with Crippen molar-refractivity contribution in [2.24, 2.45) is 0 Å². The molecule has 4 rings (SSSR count). The number of halogens is 2. The summed E-state index contributed by atoms with van der Waals surface area (Å²) in [6.45, 7) is 0.519. The number of carbonyl (C=O) groups excluding carboxylic acids is 1. The van der Waals surface area contributed by atoms with Gasteiger partial charge in [-0.05, 0) is 49.2 Å². The normalized spacial score (nSPS) is 16.0. The zero-order valence-electron chi connectivity index (χ0n) is 16.4. The molecule has 1 aliphatic rings. The summed E-state index contributed by atoms with van der Waals surface area (Å²) in [5.41, 5.74) is 0.935. The number of nitrogens with zero attached hydrogens (tertiary/aromatic N) is 3. The van der Waals surface area contributed by atoms with Gasteiger partial charge in [0.25, 0.3) is 5.91 Å². The molecule has 2 aromatic carbocycles. The van der Waals surface area contributed by atoms with E-state index in [1.807, 2.05) is 0 Å². The maximum atomic E-state index is 13.3. The smallest absolute Gasteiger partial charge is 0.256 e. The Labute approximate surface area is 177 Å². The first-order chi connectivity index (χ1) is 14.5. The van der Waals surface area contributed by atoms with E-state index in [0.29, 0.717) is 41.7 Å². The van der Waals surface area contributed by atoms with Crippen molar-refractivity contribution in [1.29, 1.82) is 0 Å². The summed E-state index contributed by atoms with van der Waals surface area (Å²) in [6, 6.07) is 8.66. The SMILES string of the molecule is COc1ccc(-c2noc([C@@H]3CCCN3C(=O)c3ccc(F)cc3Cl)n2)cc1OC. The molecule has 0 unspecified atom stereocenters. The minimum absolute atomic E-state index is 0.0715. The predicted octanol–water partition coefficient (Wildman–Crippen LogP) is 4.52. The van der Waals surface area contributed by atoms with E-state index in [4.69, 9.17) is 25.6 Å². The van der Waals surface area contributed by atoms with Crippen molar-refractivity contribution < 1.29 is 23.2 Å². The summed E-state index contributed by atoms with van der Waals surface area (Å²) in [5, 5.41) is 4.13. The van der Waals surface area contributed by atoms with Gasteiger partial charge in [-0.1, -0.05) is 16.8 Å². The van der Waals surface area contributed by atoms with Gasteiger partial charge in [0.15, 0.2) is 11.5 Å². The maximum absolute atomic E-state index is 13.3. The molecule has 1 amide bonds. The van der Waals surface area contributed by atoms with Crippen LogP contribution in [0, 0.1) is 5.82 Å². The molecule has 0 aliphatic carbocycles. The first-order valence-corrected chi connectivity index (χ1v) is 9.71.